The molecule has 1 heterocycles. The van der Waals surface area contributed by atoms with Gasteiger partial charge in [0, 0.05) is 31.6 Å². The molecule has 3 rings (SSSR count). The zero-order valence-corrected chi connectivity index (χ0v) is 18.7. The molecule has 1 aliphatic heterocycles. The first-order valence-corrected chi connectivity index (χ1v) is 11.7. The molecular formula is C22H27N3O5S. The second-order valence-corrected chi connectivity index (χ2v) is 8.98. The van der Waals surface area contributed by atoms with Gasteiger partial charge in [0.05, 0.1) is 18.5 Å². The second-order valence-electron chi connectivity index (χ2n) is 7.08. The molecule has 0 saturated carbocycles. The Morgan fingerprint density at radius 1 is 1.16 bits per heavy atom. The van der Waals surface area contributed by atoms with Crippen molar-refractivity contribution in [1.82, 2.24) is 4.31 Å². The van der Waals surface area contributed by atoms with Crippen LogP contribution < -0.4 is 15.0 Å². The Morgan fingerprint density at radius 3 is 2.48 bits per heavy atom. The van der Waals surface area contributed by atoms with Crippen LogP contribution in [0.3, 0.4) is 0 Å². The molecule has 1 fully saturated rings. The van der Waals surface area contributed by atoms with Gasteiger partial charge >= 0.3 is 0 Å². The first kappa shape index (κ1) is 22.8. The Morgan fingerprint density at radius 2 is 1.87 bits per heavy atom. The van der Waals surface area contributed by atoms with Gasteiger partial charge in [-0.05, 0) is 36.8 Å². The van der Waals surface area contributed by atoms with Crippen LogP contribution in [0, 0.1) is 0 Å². The minimum Gasteiger partial charge on any atom is -0.495 e. The molecule has 1 N–H and O–H groups in total. The molecule has 8 nitrogen and oxygen atoms in total. The SMILES string of the molecule is CCN(CC)S(=O)(=O)c1cc(C(=O)Nc2ccccc2N2CCCC2=O)ccc1OC. The minimum atomic E-state index is -3.83. The molecule has 31 heavy (non-hydrogen) atoms. The fourth-order valence-corrected chi connectivity index (χ4v) is 5.27. The second kappa shape index (κ2) is 9.49. The molecule has 0 aliphatic carbocycles. The first-order valence-electron chi connectivity index (χ1n) is 10.2. The molecule has 0 unspecified atom stereocenters. The molecule has 0 bridgehead atoms. The number of carbonyl (C=O) groups excluding carboxylic acids is 2. The molecule has 2 aromatic rings. The highest BCUT2D eigenvalue weighted by Gasteiger charge is 2.28. The van der Waals surface area contributed by atoms with Gasteiger partial charge in [0.25, 0.3) is 5.91 Å². The van der Waals surface area contributed by atoms with E-state index in [0.717, 1.165) is 6.42 Å². The van der Waals surface area contributed by atoms with Crippen LogP contribution in [-0.4, -0.2) is 51.3 Å². The number of carbonyl (C=O) groups is 2. The van der Waals surface area contributed by atoms with E-state index in [0.29, 0.717) is 37.4 Å². The molecule has 0 aromatic heterocycles. The summed E-state index contributed by atoms with van der Waals surface area (Å²) in [5.74, 6) is -0.289. The van der Waals surface area contributed by atoms with Crippen LogP contribution in [0.25, 0.3) is 0 Å². The Hall–Kier alpha value is -2.91. The number of nitrogens with one attached hydrogen (secondary N) is 1. The standard InChI is InChI=1S/C22H27N3O5S/c1-4-24(5-2)31(28,29)20-15-16(12-13-19(20)30-3)22(27)23-17-9-6-7-10-18(17)25-14-8-11-21(25)26/h6-7,9-10,12-13,15H,4-5,8,11,14H2,1-3H3,(H,23,27). The number of para-hydroxylation sites is 2. The fraction of sp³-hybridized carbons (Fsp3) is 0.364. The van der Waals surface area contributed by atoms with Gasteiger partial charge < -0.3 is 15.0 Å². The van der Waals surface area contributed by atoms with Crippen LogP contribution in [0.2, 0.25) is 0 Å². The van der Waals surface area contributed by atoms with Gasteiger partial charge in [-0.2, -0.15) is 4.31 Å². The molecule has 166 valence electrons. The summed E-state index contributed by atoms with van der Waals surface area (Å²) in [4.78, 5) is 26.7. The lowest BCUT2D eigenvalue weighted by molar-refractivity contribution is -0.117. The van der Waals surface area contributed by atoms with E-state index < -0.39 is 15.9 Å². The van der Waals surface area contributed by atoms with Crippen molar-refractivity contribution in [2.75, 3.05) is 37.0 Å². The van der Waals surface area contributed by atoms with E-state index >= 15 is 0 Å². The molecule has 0 spiro atoms. The Bertz CT molecular complexity index is 1080. The van der Waals surface area contributed by atoms with Crippen LogP contribution in [0.4, 0.5) is 11.4 Å². The van der Waals surface area contributed by atoms with E-state index in [-0.39, 0.29) is 22.1 Å². The number of hydrogen-bond donors (Lipinski definition) is 1. The number of rotatable bonds is 8. The third-order valence-corrected chi connectivity index (χ3v) is 7.34. The van der Waals surface area contributed by atoms with Gasteiger partial charge in [0.2, 0.25) is 15.9 Å². The van der Waals surface area contributed by atoms with Crippen molar-refractivity contribution in [3.05, 3.63) is 48.0 Å². The van der Waals surface area contributed by atoms with E-state index in [2.05, 4.69) is 5.32 Å². The van der Waals surface area contributed by atoms with E-state index in [1.54, 1.807) is 43.0 Å². The number of benzene rings is 2. The molecule has 0 atom stereocenters. The third kappa shape index (κ3) is 4.57. The predicted octanol–water partition coefficient (Wildman–Crippen LogP) is 3.10. The van der Waals surface area contributed by atoms with Gasteiger partial charge in [-0.1, -0.05) is 26.0 Å². The van der Waals surface area contributed by atoms with Gasteiger partial charge in [0.1, 0.15) is 10.6 Å². The number of nitrogens with zero attached hydrogens (tertiary/aromatic N) is 2. The molecule has 9 heteroatoms. The Balaban J connectivity index is 1.95. The largest absolute Gasteiger partial charge is 0.495 e. The van der Waals surface area contributed by atoms with Gasteiger partial charge in [-0.3, -0.25) is 9.59 Å². The van der Waals surface area contributed by atoms with Crippen molar-refractivity contribution in [2.24, 2.45) is 0 Å². The van der Waals surface area contributed by atoms with E-state index in [1.165, 1.54) is 29.6 Å². The lowest BCUT2D eigenvalue weighted by atomic mass is 10.2. The average Bonchev–Trinajstić information content (AvgIpc) is 3.20. The molecule has 1 aliphatic rings. The van der Waals surface area contributed by atoms with Crippen molar-refractivity contribution >= 4 is 33.2 Å². The Kier molecular flexibility index (Phi) is 6.97. The van der Waals surface area contributed by atoms with Crippen LogP contribution in [-0.2, 0) is 14.8 Å². The third-order valence-electron chi connectivity index (χ3n) is 5.27. The molecule has 2 aromatic carbocycles. The number of hydrogen-bond acceptors (Lipinski definition) is 5. The average molecular weight is 446 g/mol. The summed E-state index contributed by atoms with van der Waals surface area (Å²) in [6, 6.07) is 11.4. The number of methoxy groups -OCH3 is 1. The summed E-state index contributed by atoms with van der Waals surface area (Å²) in [7, 11) is -2.44. The highest BCUT2D eigenvalue weighted by Crippen LogP contribution is 2.31. The Labute approximate surface area is 182 Å². The van der Waals surface area contributed by atoms with Gasteiger partial charge in [0.15, 0.2) is 0 Å². The summed E-state index contributed by atoms with van der Waals surface area (Å²) in [5.41, 5.74) is 1.30. The first-order chi connectivity index (χ1) is 14.8. The highest BCUT2D eigenvalue weighted by molar-refractivity contribution is 7.89. The zero-order chi connectivity index (χ0) is 22.6. The van der Waals surface area contributed by atoms with Crippen molar-refractivity contribution in [2.45, 2.75) is 31.6 Å². The predicted molar refractivity (Wildman–Crippen MR) is 119 cm³/mol. The normalized spacial score (nSPS) is 14.2. The van der Waals surface area contributed by atoms with Crippen molar-refractivity contribution < 1.29 is 22.7 Å². The number of sulfonamides is 1. The molecular weight excluding hydrogens is 418 g/mol. The number of ether oxygens (including phenoxy) is 1. The molecule has 1 saturated heterocycles. The van der Waals surface area contributed by atoms with Gasteiger partial charge in [-0.25, -0.2) is 8.42 Å². The van der Waals surface area contributed by atoms with Crippen LogP contribution in [0.15, 0.2) is 47.4 Å². The quantitative estimate of drug-likeness (QED) is 0.674. The summed E-state index contributed by atoms with van der Waals surface area (Å²) in [6.45, 7) is 4.70. The molecule has 2 amide bonds. The number of amides is 2. The minimum absolute atomic E-state index is 0.0127. The van der Waals surface area contributed by atoms with E-state index in [9.17, 15) is 18.0 Å². The zero-order valence-electron chi connectivity index (χ0n) is 17.9. The van der Waals surface area contributed by atoms with Crippen LogP contribution in [0.1, 0.15) is 37.0 Å². The lowest BCUT2D eigenvalue weighted by Crippen LogP contribution is -2.31. The van der Waals surface area contributed by atoms with E-state index in [1.807, 2.05) is 0 Å². The van der Waals surface area contributed by atoms with Crippen LogP contribution in [0.5, 0.6) is 5.75 Å². The maximum absolute atomic E-state index is 13.0. The summed E-state index contributed by atoms with van der Waals surface area (Å²) >= 11 is 0. The highest BCUT2D eigenvalue weighted by atomic mass is 32.2. The summed E-state index contributed by atoms with van der Waals surface area (Å²) in [5, 5.41) is 2.82. The molecule has 0 radical (unpaired) electrons. The van der Waals surface area contributed by atoms with Crippen molar-refractivity contribution in [3.63, 3.8) is 0 Å². The maximum Gasteiger partial charge on any atom is 0.255 e. The van der Waals surface area contributed by atoms with E-state index in [4.69, 9.17) is 4.74 Å². The van der Waals surface area contributed by atoms with Crippen molar-refractivity contribution in [3.8, 4) is 5.75 Å². The van der Waals surface area contributed by atoms with Gasteiger partial charge in [-0.15, -0.1) is 0 Å². The topological polar surface area (TPSA) is 96.0 Å². The fourth-order valence-electron chi connectivity index (χ4n) is 3.63. The lowest BCUT2D eigenvalue weighted by Gasteiger charge is -2.21. The van der Waals surface area contributed by atoms with Crippen molar-refractivity contribution in [1.29, 1.82) is 0 Å². The number of anilines is 2. The summed E-state index contributed by atoms with van der Waals surface area (Å²) < 4.78 is 32.6. The monoisotopic (exact) mass is 445 g/mol. The van der Waals surface area contributed by atoms with Crippen LogP contribution >= 0.6 is 0 Å². The summed E-state index contributed by atoms with van der Waals surface area (Å²) in [6.07, 6.45) is 1.25. The maximum atomic E-state index is 13.0. The smallest absolute Gasteiger partial charge is 0.255 e.